The number of carboxylic acid groups (broad SMARTS) is 1. The maximum absolute atomic E-state index is 12.2. The van der Waals surface area contributed by atoms with Crippen LogP contribution in [0.25, 0.3) is 0 Å². The fourth-order valence-corrected chi connectivity index (χ4v) is 2.44. The van der Waals surface area contributed by atoms with E-state index in [1.165, 1.54) is 11.0 Å². The molecule has 1 aliphatic rings. The van der Waals surface area contributed by atoms with Crippen molar-refractivity contribution in [3.63, 3.8) is 0 Å². The van der Waals surface area contributed by atoms with Crippen LogP contribution in [0.2, 0.25) is 0 Å². The van der Waals surface area contributed by atoms with Crippen LogP contribution in [0, 0.1) is 5.92 Å². The minimum Gasteiger partial charge on any atom is -0.481 e. The van der Waals surface area contributed by atoms with Gasteiger partial charge in [-0.05, 0) is 30.5 Å². The summed E-state index contributed by atoms with van der Waals surface area (Å²) < 4.78 is 36.7. The standard InChI is InChI=1S/C15H17F3N2O3/c16-15(17,18)6-4-10-2-1-3-12(8-10)19-14(23)20-7-5-11(9-20)13(21)22/h1-3,8,11H,4-7,9H2,(H,19,23)(H,21,22). The van der Waals surface area contributed by atoms with Gasteiger partial charge in [0.2, 0.25) is 0 Å². The zero-order valence-corrected chi connectivity index (χ0v) is 12.3. The van der Waals surface area contributed by atoms with Crippen LogP contribution >= 0.6 is 0 Å². The van der Waals surface area contributed by atoms with E-state index in [1.54, 1.807) is 18.2 Å². The molecule has 0 spiro atoms. The summed E-state index contributed by atoms with van der Waals surface area (Å²) >= 11 is 0. The molecule has 0 aliphatic carbocycles. The first kappa shape index (κ1) is 17.1. The van der Waals surface area contributed by atoms with Gasteiger partial charge in [0, 0.05) is 25.2 Å². The lowest BCUT2D eigenvalue weighted by Crippen LogP contribution is -2.33. The molecule has 0 saturated carbocycles. The monoisotopic (exact) mass is 330 g/mol. The maximum atomic E-state index is 12.2. The highest BCUT2D eigenvalue weighted by Crippen LogP contribution is 2.23. The fourth-order valence-electron chi connectivity index (χ4n) is 2.44. The largest absolute Gasteiger partial charge is 0.481 e. The van der Waals surface area contributed by atoms with E-state index in [2.05, 4.69) is 5.32 Å². The van der Waals surface area contributed by atoms with Gasteiger partial charge >= 0.3 is 18.2 Å². The average Bonchev–Trinajstić information content (AvgIpc) is 2.95. The average molecular weight is 330 g/mol. The van der Waals surface area contributed by atoms with Crippen LogP contribution in [-0.2, 0) is 11.2 Å². The number of benzene rings is 1. The number of amides is 2. The van der Waals surface area contributed by atoms with Gasteiger partial charge in [-0.3, -0.25) is 4.79 Å². The zero-order chi connectivity index (χ0) is 17.0. The Bertz CT molecular complexity index is 590. The van der Waals surface area contributed by atoms with Crippen LogP contribution in [-0.4, -0.2) is 41.3 Å². The minimum absolute atomic E-state index is 0.134. The minimum atomic E-state index is -4.22. The molecular formula is C15H17F3N2O3. The number of nitrogens with one attached hydrogen (secondary N) is 1. The third-order valence-corrected chi connectivity index (χ3v) is 3.70. The molecule has 1 aromatic rings. The number of hydrogen-bond acceptors (Lipinski definition) is 2. The molecule has 1 fully saturated rings. The summed E-state index contributed by atoms with van der Waals surface area (Å²) in [6.07, 6.45) is -4.90. The van der Waals surface area contributed by atoms with E-state index < -0.39 is 30.5 Å². The van der Waals surface area contributed by atoms with E-state index in [0.29, 0.717) is 24.2 Å². The molecule has 2 amide bonds. The van der Waals surface area contributed by atoms with Crippen molar-refractivity contribution in [2.75, 3.05) is 18.4 Å². The number of urea groups is 1. The summed E-state index contributed by atoms with van der Waals surface area (Å²) in [4.78, 5) is 24.3. The molecule has 1 aromatic carbocycles. The predicted molar refractivity (Wildman–Crippen MR) is 77.2 cm³/mol. The number of anilines is 1. The highest BCUT2D eigenvalue weighted by molar-refractivity contribution is 5.90. The second kappa shape index (κ2) is 6.89. The van der Waals surface area contributed by atoms with E-state index in [9.17, 15) is 22.8 Å². The van der Waals surface area contributed by atoms with Gasteiger partial charge in [-0.25, -0.2) is 4.79 Å². The van der Waals surface area contributed by atoms with Crippen LogP contribution in [0.1, 0.15) is 18.4 Å². The Kier molecular flexibility index (Phi) is 5.12. The van der Waals surface area contributed by atoms with Crippen molar-refractivity contribution >= 4 is 17.7 Å². The Balaban J connectivity index is 1.92. The molecule has 2 N–H and O–H groups in total. The highest BCUT2D eigenvalue weighted by atomic mass is 19.4. The van der Waals surface area contributed by atoms with Gasteiger partial charge in [-0.15, -0.1) is 0 Å². The Labute approximate surface area is 131 Å². The summed E-state index contributed by atoms with van der Waals surface area (Å²) in [7, 11) is 0. The Morgan fingerprint density at radius 2 is 2.09 bits per heavy atom. The molecule has 2 rings (SSSR count). The molecule has 126 valence electrons. The van der Waals surface area contributed by atoms with Crippen molar-refractivity contribution in [1.82, 2.24) is 4.90 Å². The van der Waals surface area contributed by atoms with Gasteiger partial charge < -0.3 is 15.3 Å². The maximum Gasteiger partial charge on any atom is 0.389 e. The molecule has 5 nitrogen and oxygen atoms in total. The SMILES string of the molecule is O=C(O)C1CCN(C(=O)Nc2cccc(CCC(F)(F)F)c2)C1. The summed E-state index contributed by atoms with van der Waals surface area (Å²) in [5.74, 6) is -1.51. The van der Waals surface area contributed by atoms with E-state index in [-0.39, 0.29) is 13.0 Å². The van der Waals surface area contributed by atoms with Crippen LogP contribution in [0.4, 0.5) is 23.7 Å². The van der Waals surface area contributed by atoms with Gasteiger partial charge in [0.05, 0.1) is 5.92 Å². The quantitative estimate of drug-likeness (QED) is 0.891. The van der Waals surface area contributed by atoms with E-state index in [1.807, 2.05) is 0 Å². The second-order valence-electron chi connectivity index (χ2n) is 5.52. The molecule has 0 aromatic heterocycles. The zero-order valence-electron chi connectivity index (χ0n) is 12.3. The fraction of sp³-hybridized carbons (Fsp3) is 0.467. The molecule has 0 bridgehead atoms. The van der Waals surface area contributed by atoms with Crippen molar-refractivity contribution in [2.24, 2.45) is 5.92 Å². The van der Waals surface area contributed by atoms with E-state index in [4.69, 9.17) is 5.11 Å². The van der Waals surface area contributed by atoms with Gasteiger partial charge in [0.25, 0.3) is 0 Å². The normalized spacial score (nSPS) is 18.0. The number of aliphatic carboxylic acids is 1. The number of carboxylic acids is 1. The number of alkyl halides is 3. The number of carbonyl (C=O) groups is 2. The van der Waals surface area contributed by atoms with E-state index in [0.717, 1.165) is 0 Å². The first-order chi connectivity index (χ1) is 10.7. The molecule has 0 radical (unpaired) electrons. The number of rotatable bonds is 4. The smallest absolute Gasteiger partial charge is 0.389 e. The van der Waals surface area contributed by atoms with Crippen molar-refractivity contribution in [3.05, 3.63) is 29.8 Å². The van der Waals surface area contributed by atoms with Crippen molar-refractivity contribution in [1.29, 1.82) is 0 Å². The molecule has 1 atom stereocenters. The third-order valence-electron chi connectivity index (χ3n) is 3.70. The van der Waals surface area contributed by atoms with Crippen LogP contribution in [0.3, 0.4) is 0 Å². The number of carbonyl (C=O) groups excluding carboxylic acids is 1. The predicted octanol–water partition coefficient (Wildman–Crippen LogP) is 3.12. The number of nitrogens with zero attached hydrogens (tertiary/aromatic N) is 1. The molecule has 23 heavy (non-hydrogen) atoms. The lowest BCUT2D eigenvalue weighted by Gasteiger charge is -2.17. The van der Waals surface area contributed by atoms with Crippen LogP contribution < -0.4 is 5.32 Å². The first-order valence-corrected chi connectivity index (χ1v) is 7.19. The summed E-state index contributed by atoms with van der Waals surface area (Å²) in [5.41, 5.74) is 0.874. The molecule has 1 unspecified atom stereocenters. The number of likely N-dealkylation sites (tertiary alicyclic amines) is 1. The van der Waals surface area contributed by atoms with Gasteiger partial charge in [-0.2, -0.15) is 13.2 Å². The summed E-state index contributed by atoms with van der Waals surface area (Å²) in [6, 6.07) is 5.78. The lowest BCUT2D eigenvalue weighted by molar-refractivity contribution is -0.141. The van der Waals surface area contributed by atoms with Crippen molar-refractivity contribution < 1.29 is 27.9 Å². The molecule has 8 heteroatoms. The Hall–Kier alpha value is -2.25. The number of aryl methyl sites for hydroxylation is 1. The topological polar surface area (TPSA) is 69.6 Å². The number of halogens is 3. The summed E-state index contributed by atoms with van der Waals surface area (Å²) in [6.45, 7) is 0.478. The van der Waals surface area contributed by atoms with Gasteiger partial charge in [-0.1, -0.05) is 12.1 Å². The van der Waals surface area contributed by atoms with E-state index >= 15 is 0 Å². The summed E-state index contributed by atoms with van der Waals surface area (Å²) in [5, 5.41) is 11.5. The highest BCUT2D eigenvalue weighted by Gasteiger charge is 2.31. The van der Waals surface area contributed by atoms with Crippen molar-refractivity contribution in [3.8, 4) is 0 Å². The third kappa shape index (κ3) is 5.15. The molecule has 1 saturated heterocycles. The Morgan fingerprint density at radius 1 is 1.35 bits per heavy atom. The Morgan fingerprint density at radius 3 is 2.70 bits per heavy atom. The number of hydrogen-bond donors (Lipinski definition) is 2. The molecular weight excluding hydrogens is 313 g/mol. The van der Waals surface area contributed by atoms with Crippen molar-refractivity contribution in [2.45, 2.75) is 25.4 Å². The molecule has 1 heterocycles. The second-order valence-corrected chi connectivity index (χ2v) is 5.52. The van der Waals surface area contributed by atoms with Gasteiger partial charge in [0.1, 0.15) is 0 Å². The lowest BCUT2D eigenvalue weighted by atomic mass is 10.1. The van der Waals surface area contributed by atoms with Crippen LogP contribution in [0.5, 0.6) is 0 Å². The van der Waals surface area contributed by atoms with Crippen LogP contribution in [0.15, 0.2) is 24.3 Å². The van der Waals surface area contributed by atoms with Gasteiger partial charge in [0.15, 0.2) is 0 Å². The first-order valence-electron chi connectivity index (χ1n) is 7.19. The molecule has 1 aliphatic heterocycles.